The number of nitrogens with one attached hydrogen (secondary N) is 1. The molecule has 0 spiro atoms. The Morgan fingerprint density at radius 2 is 2.36 bits per heavy atom. The molecule has 0 bridgehead atoms. The first-order chi connectivity index (χ1) is 6.72. The molecular weight excluding hydrogens is 278 g/mol. The zero-order valence-corrected chi connectivity index (χ0v) is 11.8. The molecule has 0 amide bonds. The molecule has 1 aromatic heterocycles. The van der Waals surface area contributed by atoms with Gasteiger partial charge in [-0.1, -0.05) is 6.92 Å². The highest BCUT2D eigenvalue weighted by atomic mass is 79.9. The van der Waals surface area contributed by atoms with E-state index >= 15 is 0 Å². The van der Waals surface area contributed by atoms with E-state index in [9.17, 15) is 0 Å². The minimum Gasteiger partial charge on any atom is -0.309 e. The average Bonchev–Trinajstić information content (AvgIpc) is 2.58. The fourth-order valence-electron chi connectivity index (χ4n) is 1.08. The maximum Gasteiger partial charge on any atom is 0.0701 e. The number of thioether (sulfide) groups is 1. The summed E-state index contributed by atoms with van der Waals surface area (Å²) in [6.45, 7) is 5.43. The highest BCUT2D eigenvalue weighted by molar-refractivity contribution is 9.11. The molecule has 1 N–H and O–H groups in total. The lowest BCUT2D eigenvalue weighted by Crippen LogP contribution is -2.27. The molecule has 0 aliphatic heterocycles. The van der Waals surface area contributed by atoms with Crippen LogP contribution in [0.25, 0.3) is 0 Å². The van der Waals surface area contributed by atoms with Crippen LogP contribution in [0.1, 0.15) is 18.7 Å². The maximum absolute atomic E-state index is 3.52. The van der Waals surface area contributed by atoms with Gasteiger partial charge < -0.3 is 5.32 Å². The minimum atomic E-state index is 0.598. The van der Waals surface area contributed by atoms with Gasteiger partial charge in [-0.2, -0.15) is 11.8 Å². The molecular formula is C10H16BrNS2. The van der Waals surface area contributed by atoms with Gasteiger partial charge in [0.15, 0.2) is 0 Å². The molecule has 1 unspecified atom stereocenters. The summed E-state index contributed by atoms with van der Waals surface area (Å²) < 4.78 is 1.21. The Hall–Kier alpha value is 0.490. The predicted molar refractivity (Wildman–Crippen MR) is 71.3 cm³/mol. The molecule has 1 atom stereocenters. The van der Waals surface area contributed by atoms with Gasteiger partial charge in [0, 0.05) is 23.2 Å². The van der Waals surface area contributed by atoms with Crippen molar-refractivity contribution < 1.29 is 0 Å². The highest BCUT2D eigenvalue weighted by Gasteiger charge is 2.02. The Balaban J connectivity index is 2.20. The van der Waals surface area contributed by atoms with E-state index in [2.05, 4.69) is 47.2 Å². The second-order valence-electron chi connectivity index (χ2n) is 3.15. The quantitative estimate of drug-likeness (QED) is 0.857. The average molecular weight is 294 g/mol. The van der Waals surface area contributed by atoms with E-state index in [0.29, 0.717) is 6.04 Å². The monoisotopic (exact) mass is 293 g/mol. The van der Waals surface area contributed by atoms with Crippen LogP contribution in [0.4, 0.5) is 0 Å². The van der Waals surface area contributed by atoms with E-state index in [4.69, 9.17) is 0 Å². The molecule has 0 fully saturated rings. The predicted octanol–water partition coefficient (Wildman–Crippen LogP) is 3.74. The van der Waals surface area contributed by atoms with Gasteiger partial charge in [-0.05, 0) is 40.7 Å². The largest absolute Gasteiger partial charge is 0.309 e. The number of thiophene rings is 1. The van der Waals surface area contributed by atoms with Gasteiger partial charge in [0.05, 0.1) is 3.79 Å². The van der Waals surface area contributed by atoms with Crippen LogP contribution in [0.15, 0.2) is 15.9 Å². The van der Waals surface area contributed by atoms with Crippen LogP contribution in [-0.4, -0.2) is 17.5 Å². The summed E-state index contributed by atoms with van der Waals surface area (Å²) in [5.41, 5.74) is 0. The Bertz CT molecular complexity index is 262. The van der Waals surface area contributed by atoms with Gasteiger partial charge in [0.25, 0.3) is 0 Å². The lowest BCUT2D eigenvalue weighted by molar-refractivity contribution is 0.600. The number of halogens is 1. The van der Waals surface area contributed by atoms with Crippen molar-refractivity contribution in [1.29, 1.82) is 0 Å². The first-order valence-electron chi connectivity index (χ1n) is 4.77. The first kappa shape index (κ1) is 12.6. The van der Waals surface area contributed by atoms with Crippen molar-refractivity contribution in [2.45, 2.75) is 26.4 Å². The Morgan fingerprint density at radius 3 is 2.93 bits per heavy atom. The number of hydrogen-bond acceptors (Lipinski definition) is 3. The summed E-state index contributed by atoms with van der Waals surface area (Å²) in [4.78, 5) is 1.39. The molecule has 0 saturated heterocycles. The molecule has 0 saturated carbocycles. The maximum atomic E-state index is 3.52. The molecule has 14 heavy (non-hydrogen) atoms. The fraction of sp³-hybridized carbons (Fsp3) is 0.600. The van der Waals surface area contributed by atoms with E-state index in [1.807, 2.05) is 11.8 Å². The van der Waals surface area contributed by atoms with Crippen molar-refractivity contribution in [2.24, 2.45) is 0 Å². The topological polar surface area (TPSA) is 12.0 Å². The Kier molecular flexibility index (Phi) is 6.17. The third-order valence-corrected chi connectivity index (χ3v) is 4.59. The zero-order chi connectivity index (χ0) is 10.4. The Labute approximate surface area is 103 Å². The molecule has 0 aliphatic rings. The molecule has 80 valence electrons. The van der Waals surface area contributed by atoms with Crippen LogP contribution < -0.4 is 5.32 Å². The summed E-state index contributed by atoms with van der Waals surface area (Å²) in [5.74, 6) is 2.40. The van der Waals surface area contributed by atoms with E-state index in [0.717, 1.165) is 6.54 Å². The summed E-state index contributed by atoms with van der Waals surface area (Å²) >= 11 is 7.26. The molecule has 1 rings (SSSR count). The van der Waals surface area contributed by atoms with Crippen molar-refractivity contribution in [1.82, 2.24) is 5.32 Å². The number of rotatable bonds is 6. The third-order valence-electron chi connectivity index (χ3n) is 1.83. The zero-order valence-electron chi connectivity index (χ0n) is 8.55. The van der Waals surface area contributed by atoms with Crippen molar-refractivity contribution in [3.05, 3.63) is 20.8 Å². The smallest absolute Gasteiger partial charge is 0.0701 e. The lowest BCUT2D eigenvalue weighted by atomic mass is 10.3. The molecule has 0 radical (unpaired) electrons. The molecule has 0 aromatic carbocycles. The summed E-state index contributed by atoms with van der Waals surface area (Å²) in [5, 5.41) is 3.52. The summed E-state index contributed by atoms with van der Waals surface area (Å²) in [6, 6.07) is 4.87. The number of hydrogen-bond donors (Lipinski definition) is 1. The normalized spacial score (nSPS) is 13.1. The highest BCUT2D eigenvalue weighted by Crippen LogP contribution is 2.21. The van der Waals surface area contributed by atoms with Crippen LogP contribution in [0, 0.1) is 0 Å². The second-order valence-corrected chi connectivity index (χ2v) is 7.01. The van der Waals surface area contributed by atoms with Crippen molar-refractivity contribution in [3.63, 3.8) is 0 Å². The summed E-state index contributed by atoms with van der Waals surface area (Å²) in [7, 11) is 0. The van der Waals surface area contributed by atoms with Crippen LogP contribution in [-0.2, 0) is 6.54 Å². The van der Waals surface area contributed by atoms with E-state index in [1.165, 1.54) is 20.2 Å². The van der Waals surface area contributed by atoms with E-state index < -0.39 is 0 Å². The van der Waals surface area contributed by atoms with Crippen molar-refractivity contribution in [2.75, 3.05) is 11.5 Å². The third kappa shape index (κ3) is 4.82. The molecule has 4 heteroatoms. The van der Waals surface area contributed by atoms with Crippen LogP contribution in [0.2, 0.25) is 0 Å². The SMILES string of the molecule is CCSCC(C)NCc1ccc(Br)s1. The van der Waals surface area contributed by atoms with E-state index in [1.54, 1.807) is 11.3 Å². The molecule has 1 nitrogen and oxygen atoms in total. The van der Waals surface area contributed by atoms with Gasteiger partial charge in [-0.25, -0.2) is 0 Å². The molecule has 1 heterocycles. The molecule has 1 aromatic rings. The fourth-order valence-corrected chi connectivity index (χ4v) is 3.22. The minimum absolute atomic E-state index is 0.598. The van der Waals surface area contributed by atoms with Crippen molar-refractivity contribution in [3.8, 4) is 0 Å². The first-order valence-corrected chi connectivity index (χ1v) is 7.54. The van der Waals surface area contributed by atoms with Gasteiger partial charge in [-0.3, -0.25) is 0 Å². The van der Waals surface area contributed by atoms with Gasteiger partial charge in [0.1, 0.15) is 0 Å². The standard InChI is InChI=1S/C10H16BrNS2/c1-3-13-7-8(2)12-6-9-4-5-10(11)14-9/h4-5,8,12H,3,6-7H2,1-2H3. The molecule has 0 aliphatic carbocycles. The summed E-state index contributed by atoms with van der Waals surface area (Å²) in [6.07, 6.45) is 0. The van der Waals surface area contributed by atoms with Gasteiger partial charge >= 0.3 is 0 Å². The van der Waals surface area contributed by atoms with Crippen LogP contribution in [0.5, 0.6) is 0 Å². The second kappa shape index (κ2) is 6.88. The van der Waals surface area contributed by atoms with Crippen LogP contribution >= 0.6 is 39.0 Å². The van der Waals surface area contributed by atoms with E-state index in [-0.39, 0.29) is 0 Å². The van der Waals surface area contributed by atoms with Gasteiger partial charge in [0.2, 0.25) is 0 Å². The van der Waals surface area contributed by atoms with Crippen molar-refractivity contribution >= 4 is 39.0 Å². The van der Waals surface area contributed by atoms with Crippen LogP contribution in [0.3, 0.4) is 0 Å². The Morgan fingerprint density at radius 1 is 1.57 bits per heavy atom. The van der Waals surface area contributed by atoms with Gasteiger partial charge in [-0.15, -0.1) is 11.3 Å². The lowest BCUT2D eigenvalue weighted by Gasteiger charge is -2.11.